The molecule has 3 atom stereocenters. The molecule has 0 spiro atoms. The van der Waals surface area contributed by atoms with Crippen molar-refractivity contribution in [3.63, 3.8) is 0 Å². The molecule has 9 heteroatoms. The van der Waals surface area contributed by atoms with E-state index >= 15 is 0 Å². The van der Waals surface area contributed by atoms with Crippen molar-refractivity contribution in [2.75, 3.05) is 31.3 Å². The summed E-state index contributed by atoms with van der Waals surface area (Å²) in [7, 11) is 0. The van der Waals surface area contributed by atoms with Gasteiger partial charge in [0.25, 0.3) is 0 Å². The zero-order chi connectivity index (χ0) is 25.5. The van der Waals surface area contributed by atoms with Gasteiger partial charge in [0.1, 0.15) is 35.2 Å². The van der Waals surface area contributed by atoms with Crippen LogP contribution in [0.1, 0.15) is 43.1 Å². The molecule has 8 nitrogen and oxygen atoms in total. The number of ether oxygens (including phenoxy) is 3. The second-order valence-electron chi connectivity index (χ2n) is 9.67. The number of hydrogen-bond acceptors (Lipinski definition) is 7. The second-order valence-corrected chi connectivity index (χ2v) is 9.67. The van der Waals surface area contributed by atoms with Crippen LogP contribution >= 0.6 is 0 Å². The molecule has 0 bridgehead atoms. The highest BCUT2D eigenvalue weighted by molar-refractivity contribution is 6.08. The highest BCUT2D eigenvalue weighted by atomic mass is 19.1. The quantitative estimate of drug-likeness (QED) is 0.631. The van der Waals surface area contributed by atoms with Gasteiger partial charge in [-0.2, -0.15) is 0 Å². The summed E-state index contributed by atoms with van der Waals surface area (Å²) in [5.41, 5.74) is -2.11. The van der Waals surface area contributed by atoms with Gasteiger partial charge in [-0.15, -0.1) is 0 Å². The molecular formula is C26H30FNO7. The molecule has 0 aromatic heterocycles. The summed E-state index contributed by atoms with van der Waals surface area (Å²) in [5.74, 6) is -2.05. The standard InChI is InChI=1S/C26H30FNO7/c1-15-13-33-9-8-28(15)17-10-19(29)23-21(11-17)35-26(4,25(3,24(23)32)12-22(30)31)14-34-20-7-5-6-18(27)16(20)2/h5-7,10-11,15,29H,8-9,12-14H2,1-4H3,(H,30,31). The fraction of sp³-hybridized carbons (Fsp3) is 0.462. The Balaban J connectivity index is 1.76. The van der Waals surface area contributed by atoms with E-state index in [0.717, 1.165) is 0 Å². The number of carboxylic acid groups (broad SMARTS) is 1. The minimum Gasteiger partial charge on any atom is -0.507 e. The topological polar surface area (TPSA) is 106 Å². The number of aromatic hydroxyl groups is 1. The van der Waals surface area contributed by atoms with E-state index in [9.17, 15) is 24.2 Å². The molecule has 2 aromatic carbocycles. The average molecular weight is 488 g/mol. The molecular weight excluding hydrogens is 457 g/mol. The number of phenols is 1. The van der Waals surface area contributed by atoms with Crippen LogP contribution in [0, 0.1) is 18.2 Å². The third-order valence-electron chi connectivity index (χ3n) is 7.22. The van der Waals surface area contributed by atoms with E-state index in [1.807, 2.05) is 11.8 Å². The Morgan fingerprint density at radius 2 is 2.06 bits per heavy atom. The second kappa shape index (κ2) is 9.03. The number of halogens is 1. The summed E-state index contributed by atoms with van der Waals surface area (Å²) in [4.78, 5) is 27.6. The SMILES string of the molecule is Cc1c(F)cccc1OCC1(C)Oc2cc(N3CCOCC3C)cc(O)c2C(=O)C1(C)CC(=O)O. The smallest absolute Gasteiger partial charge is 0.304 e. The van der Waals surface area contributed by atoms with Crippen LogP contribution in [-0.4, -0.2) is 60.0 Å². The lowest BCUT2D eigenvalue weighted by Crippen LogP contribution is -2.60. The van der Waals surface area contributed by atoms with E-state index in [-0.39, 0.29) is 35.5 Å². The van der Waals surface area contributed by atoms with Gasteiger partial charge in [0.2, 0.25) is 0 Å². The third kappa shape index (κ3) is 4.29. The summed E-state index contributed by atoms with van der Waals surface area (Å²) in [6.45, 7) is 8.08. The van der Waals surface area contributed by atoms with Gasteiger partial charge in [-0.3, -0.25) is 9.59 Å². The van der Waals surface area contributed by atoms with Crippen LogP contribution in [0.25, 0.3) is 0 Å². The van der Waals surface area contributed by atoms with Gasteiger partial charge in [-0.1, -0.05) is 6.07 Å². The van der Waals surface area contributed by atoms with Gasteiger partial charge in [0.15, 0.2) is 11.4 Å². The predicted molar refractivity (Wildman–Crippen MR) is 126 cm³/mol. The van der Waals surface area contributed by atoms with Crippen LogP contribution in [0.15, 0.2) is 30.3 Å². The number of carbonyl (C=O) groups is 2. The Labute approximate surface area is 203 Å². The molecule has 4 rings (SSSR count). The van der Waals surface area contributed by atoms with Gasteiger partial charge in [0, 0.05) is 36.0 Å². The van der Waals surface area contributed by atoms with Crippen molar-refractivity contribution in [3.8, 4) is 17.2 Å². The van der Waals surface area contributed by atoms with Crippen molar-refractivity contribution in [2.45, 2.75) is 45.8 Å². The molecule has 1 fully saturated rings. The number of benzene rings is 2. The molecule has 0 amide bonds. The van der Waals surface area contributed by atoms with Gasteiger partial charge >= 0.3 is 5.97 Å². The van der Waals surface area contributed by atoms with Crippen LogP contribution in [0.5, 0.6) is 17.2 Å². The van der Waals surface area contributed by atoms with Gasteiger partial charge < -0.3 is 29.3 Å². The Bertz CT molecular complexity index is 1170. The lowest BCUT2D eigenvalue weighted by atomic mass is 9.65. The number of Topliss-reactive ketones (excluding diaryl/α,β-unsaturated/α-hetero) is 1. The van der Waals surface area contributed by atoms with Gasteiger partial charge in [-0.05, 0) is 39.8 Å². The van der Waals surface area contributed by atoms with Gasteiger partial charge in [-0.25, -0.2) is 4.39 Å². The first kappa shape index (κ1) is 24.8. The number of nitrogens with zero attached hydrogens (tertiary/aromatic N) is 1. The largest absolute Gasteiger partial charge is 0.507 e. The Morgan fingerprint density at radius 3 is 2.74 bits per heavy atom. The van der Waals surface area contributed by atoms with Crippen LogP contribution in [0.4, 0.5) is 10.1 Å². The Hall–Kier alpha value is -3.33. The first-order valence-electron chi connectivity index (χ1n) is 11.5. The highest BCUT2D eigenvalue weighted by Crippen LogP contribution is 2.51. The number of phenolic OH excluding ortho intramolecular Hbond substituents is 1. The van der Waals surface area contributed by atoms with Crippen molar-refractivity contribution >= 4 is 17.4 Å². The maximum atomic E-state index is 14.0. The number of hydrogen-bond donors (Lipinski definition) is 2. The summed E-state index contributed by atoms with van der Waals surface area (Å²) in [6, 6.07) is 7.64. The van der Waals surface area contributed by atoms with E-state index in [2.05, 4.69) is 0 Å². The number of carboxylic acids is 1. The lowest BCUT2D eigenvalue weighted by molar-refractivity contribution is -0.144. The van der Waals surface area contributed by atoms with E-state index in [0.29, 0.717) is 31.0 Å². The number of morpholine rings is 1. The number of carbonyl (C=O) groups excluding carboxylic acids is 1. The van der Waals surface area contributed by atoms with E-state index < -0.39 is 35.0 Å². The van der Waals surface area contributed by atoms with Crippen LogP contribution in [0.2, 0.25) is 0 Å². The molecule has 188 valence electrons. The van der Waals surface area contributed by atoms with E-state index in [4.69, 9.17) is 14.2 Å². The molecule has 1 saturated heterocycles. The molecule has 0 radical (unpaired) electrons. The third-order valence-corrected chi connectivity index (χ3v) is 7.22. The van der Waals surface area contributed by atoms with E-state index in [1.165, 1.54) is 25.1 Å². The summed E-state index contributed by atoms with van der Waals surface area (Å²) in [5, 5.41) is 20.5. The van der Waals surface area contributed by atoms with Gasteiger partial charge in [0.05, 0.1) is 25.0 Å². The average Bonchev–Trinajstić information content (AvgIpc) is 2.78. The predicted octanol–water partition coefficient (Wildman–Crippen LogP) is 3.96. The number of fused-ring (bicyclic) bond motifs is 1. The Morgan fingerprint density at radius 1 is 1.31 bits per heavy atom. The molecule has 2 aromatic rings. The lowest BCUT2D eigenvalue weighted by Gasteiger charge is -2.48. The molecule has 3 unspecified atom stereocenters. The minimum absolute atomic E-state index is 0.0448. The maximum Gasteiger partial charge on any atom is 0.304 e. The number of aliphatic carboxylic acids is 1. The van der Waals surface area contributed by atoms with Crippen LogP contribution in [0.3, 0.4) is 0 Å². The normalized spacial score (nSPS) is 26.1. The van der Waals surface area contributed by atoms with Crippen molar-refractivity contribution in [3.05, 3.63) is 47.3 Å². The van der Waals surface area contributed by atoms with Crippen molar-refractivity contribution in [1.82, 2.24) is 0 Å². The first-order valence-corrected chi connectivity index (χ1v) is 11.5. The maximum absolute atomic E-state index is 14.0. The molecule has 2 heterocycles. The zero-order valence-electron chi connectivity index (χ0n) is 20.3. The number of anilines is 1. The minimum atomic E-state index is -1.57. The van der Waals surface area contributed by atoms with Crippen molar-refractivity contribution in [2.24, 2.45) is 5.41 Å². The number of rotatable bonds is 6. The molecule has 0 aliphatic carbocycles. The fourth-order valence-corrected chi connectivity index (χ4v) is 4.76. The Kier molecular flexibility index (Phi) is 6.40. The summed E-state index contributed by atoms with van der Waals surface area (Å²) < 4.78 is 31.8. The van der Waals surface area contributed by atoms with Crippen LogP contribution < -0.4 is 14.4 Å². The molecule has 2 aliphatic rings. The molecule has 2 N–H and O–H groups in total. The zero-order valence-corrected chi connectivity index (χ0v) is 20.3. The summed E-state index contributed by atoms with van der Waals surface area (Å²) >= 11 is 0. The highest BCUT2D eigenvalue weighted by Gasteiger charge is 2.58. The van der Waals surface area contributed by atoms with Crippen LogP contribution in [-0.2, 0) is 9.53 Å². The molecule has 35 heavy (non-hydrogen) atoms. The van der Waals surface area contributed by atoms with Crippen molar-refractivity contribution in [1.29, 1.82) is 0 Å². The molecule has 0 saturated carbocycles. The number of ketones is 1. The summed E-state index contributed by atoms with van der Waals surface area (Å²) in [6.07, 6.45) is -0.547. The first-order chi connectivity index (χ1) is 16.5. The molecule has 2 aliphatic heterocycles. The fourth-order valence-electron chi connectivity index (χ4n) is 4.76. The monoisotopic (exact) mass is 487 g/mol. The van der Waals surface area contributed by atoms with E-state index in [1.54, 1.807) is 26.0 Å². The van der Waals surface area contributed by atoms with Crippen molar-refractivity contribution < 1.29 is 38.4 Å².